The first kappa shape index (κ1) is 11.8. The van der Waals surface area contributed by atoms with Crippen LogP contribution in [0.4, 0.5) is 5.13 Å². The number of anilines is 1. The van der Waals surface area contributed by atoms with E-state index < -0.39 is 0 Å². The van der Waals surface area contributed by atoms with Gasteiger partial charge in [-0.15, -0.1) is 0 Å². The van der Waals surface area contributed by atoms with Crippen LogP contribution in [-0.2, 0) is 16.1 Å². The lowest BCUT2D eigenvalue weighted by atomic mass is 10.3. The van der Waals surface area contributed by atoms with Gasteiger partial charge in [0, 0.05) is 19.3 Å². The maximum Gasteiger partial charge on any atom is 0.182 e. The van der Waals surface area contributed by atoms with E-state index in [4.69, 9.17) is 9.47 Å². The van der Waals surface area contributed by atoms with Crippen molar-refractivity contribution in [1.82, 2.24) is 4.98 Å². The summed E-state index contributed by atoms with van der Waals surface area (Å²) in [5.74, 6) is 0. The van der Waals surface area contributed by atoms with Crippen molar-refractivity contribution in [1.29, 1.82) is 0 Å². The third-order valence-corrected chi connectivity index (χ3v) is 3.36. The summed E-state index contributed by atoms with van der Waals surface area (Å²) in [7, 11) is 0. The first-order chi connectivity index (χ1) is 7.88. The van der Waals surface area contributed by atoms with Crippen LogP contribution in [0.15, 0.2) is 6.20 Å². The lowest BCUT2D eigenvalue weighted by molar-refractivity contribution is 0.0330. The lowest BCUT2D eigenvalue weighted by Crippen LogP contribution is -2.11. The fourth-order valence-electron chi connectivity index (χ4n) is 1.53. The molecule has 1 aliphatic rings. The van der Waals surface area contributed by atoms with Crippen LogP contribution in [0, 0.1) is 0 Å². The Hall–Kier alpha value is -0.650. The van der Waals surface area contributed by atoms with Gasteiger partial charge in [-0.3, -0.25) is 0 Å². The molecule has 90 valence electrons. The maximum atomic E-state index is 5.72. The Morgan fingerprint density at radius 2 is 2.62 bits per heavy atom. The zero-order valence-corrected chi connectivity index (χ0v) is 10.4. The van der Waals surface area contributed by atoms with Crippen LogP contribution < -0.4 is 5.32 Å². The van der Waals surface area contributed by atoms with Crippen molar-refractivity contribution in [2.24, 2.45) is 0 Å². The summed E-state index contributed by atoms with van der Waals surface area (Å²) in [6.45, 7) is 5.34. The third kappa shape index (κ3) is 3.43. The molecule has 4 nitrogen and oxygen atoms in total. The van der Waals surface area contributed by atoms with Crippen LogP contribution in [0.3, 0.4) is 0 Å². The van der Waals surface area contributed by atoms with E-state index in [1.165, 1.54) is 4.88 Å². The lowest BCUT2D eigenvalue weighted by Gasteiger charge is -2.07. The molecule has 1 aromatic heterocycles. The average Bonchev–Trinajstić information content (AvgIpc) is 2.95. The highest BCUT2D eigenvalue weighted by Crippen LogP contribution is 2.20. The van der Waals surface area contributed by atoms with Gasteiger partial charge in [-0.1, -0.05) is 18.3 Å². The molecule has 0 bridgehead atoms. The summed E-state index contributed by atoms with van der Waals surface area (Å²) < 4.78 is 11.0. The standard InChI is InChI=1S/C11H18N2O2S/c1-2-4-12-11-13-6-10(16-11)8-15-9-3-5-14-7-9/h6,9H,2-5,7-8H2,1H3,(H,12,13). The minimum absolute atomic E-state index is 0.272. The smallest absolute Gasteiger partial charge is 0.182 e. The molecule has 0 aromatic carbocycles. The van der Waals surface area contributed by atoms with Crippen LogP contribution in [-0.4, -0.2) is 30.8 Å². The summed E-state index contributed by atoms with van der Waals surface area (Å²) in [4.78, 5) is 5.47. The fraction of sp³-hybridized carbons (Fsp3) is 0.727. The molecule has 1 aliphatic heterocycles. The first-order valence-corrected chi connectivity index (χ1v) is 6.58. The molecule has 1 N–H and O–H groups in total. The molecule has 0 amide bonds. The van der Waals surface area contributed by atoms with Crippen molar-refractivity contribution in [3.8, 4) is 0 Å². The number of aromatic nitrogens is 1. The molecule has 1 aromatic rings. The Morgan fingerprint density at radius 3 is 3.38 bits per heavy atom. The molecule has 0 aliphatic carbocycles. The van der Waals surface area contributed by atoms with Crippen LogP contribution in [0.2, 0.25) is 0 Å². The summed E-state index contributed by atoms with van der Waals surface area (Å²) in [6, 6.07) is 0. The van der Waals surface area contributed by atoms with Crippen LogP contribution in [0.25, 0.3) is 0 Å². The van der Waals surface area contributed by atoms with Crippen molar-refractivity contribution >= 4 is 16.5 Å². The van der Waals surface area contributed by atoms with Crippen LogP contribution >= 0.6 is 11.3 Å². The van der Waals surface area contributed by atoms with Gasteiger partial charge in [0.2, 0.25) is 0 Å². The Labute approximate surface area is 100.0 Å². The van der Waals surface area contributed by atoms with Gasteiger partial charge in [0.25, 0.3) is 0 Å². The number of hydrogen-bond acceptors (Lipinski definition) is 5. The topological polar surface area (TPSA) is 43.4 Å². The largest absolute Gasteiger partial charge is 0.379 e. The molecule has 1 atom stereocenters. The fourth-order valence-corrected chi connectivity index (χ4v) is 2.29. The minimum Gasteiger partial charge on any atom is -0.379 e. The van der Waals surface area contributed by atoms with Crippen molar-refractivity contribution in [3.05, 3.63) is 11.1 Å². The Bertz CT molecular complexity index is 311. The van der Waals surface area contributed by atoms with Gasteiger partial charge in [-0.05, 0) is 12.8 Å². The molecule has 16 heavy (non-hydrogen) atoms. The highest BCUT2D eigenvalue weighted by Gasteiger charge is 2.16. The molecule has 1 saturated heterocycles. The number of ether oxygens (including phenoxy) is 2. The average molecular weight is 242 g/mol. The zero-order chi connectivity index (χ0) is 11.2. The van der Waals surface area contributed by atoms with E-state index in [1.807, 2.05) is 6.20 Å². The number of hydrogen-bond donors (Lipinski definition) is 1. The second-order valence-corrected chi connectivity index (χ2v) is 4.97. The predicted octanol–water partition coefficient (Wildman–Crippen LogP) is 2.27. The molecular formula is C11H18N2O2S. The van der Waals surface area contributed by atoms with Crippen LogP contribution in [0.1, 0.15) is 24.6 Å². The summed E-state index contributed by atoms with van der Waals surface area (Å²) in [5.41, 5.74) is 0. The van der Waals surface area contributed by atoms with Crippen molar-refractivity contribution in [2.75, 3.05) is 25.1 Å². The Morgan fingerprint density at radius 1 is 1.69 bits per heavy atom. The molecule has 2 heterocycles. The highest BCUT2D eigenvalue weighted by molar-refractivity contribution is 7.15. The number of thiazole rings is 1. The molecule has 1 fully saturated rings. The quantitative estimate of drug-likeness (QED) is 0.831. The number of nitrogens with zero attached hydrogens (tertiary/aromatic N) is 1. The SMILES string of the molecule is CCCNc1ncc(COC2CCOC2)s1. The van der Waals surface area contributed by atoms with E-state index in [2.05, 4.69) is 17.2 Å². The van der Waals surface area contributed by atoms with Crippen molar-refractivity contribution in [2.45, 2.75) is 32.5 Å². The summed E-state index contributed by atoms with van der Waals surface area (Å²) in [6.07, 6.45) is 4.29. The molecule has 1 unspecified atom stereocenters. The summed E-state index contributed by atoms with van der Waals surface area (Å²) in [5, 5.41) is 4.26. The molecule has 5 heteroatoms. The Kier molecular flexibility index (Phi) is 4.56. The van der Waals surface area contributed by atoms with Gasteiger partial charge in [-0.2, -0.15) is 0 Å². The molecule has 2 rings (SSSR count). The van der Waals surface area contributed by atoms with Gasteiger partial charge in [0.05, 0.1) is 24.2 Å². The van der Waals surface area contributed by atoms with E-state index in [0.29, 0.717) is 6.61 Å². The van der Waals surface area contributed by atoms with E-state index in [-0.39, 0.29) is 6.10 Å². The predicted molar refractivity (Wildman–Crippen MR) is 64.9 cm³/mol. The minimum atomic E-state index is 0.272. The van der Waals surface area contributed by atoms with Crippen LogP contribution in [0.5, 0.6) is 0 Å². The second kappa shape index (κ2) is 6.18. The Balaban J connectivity index is 1.73. The number of nitrogens with one attached hydrogen (secondary N) is 1. The molecule has 0 radical (unpaired) electrons. The first-order valence-electron chi connectivity index (χ1n) is 5.76. The van der Waals surface area contributed by atoms with E-state index in [1.54, 1.807) is 11.3 Å². The van der Waals surface area contributed by atoms with Crippen molar-refractivity contribution < 1.29 is 9.47 Å². The highest BCUT2D eigenvalue weighted by atomic mass is 32.1. The maximum absolute atomic E-state index is 5.72. The van der Waals surface area contributed by atoms with Gasteiger partial charge in [0.1, 0.15) is 0 Å². The molecule has 0 saturated carbocycles. The van der Waals surface area contributed by atoms with Gasteiger partial charge < -0.3 is 14.8 Å². The van der Waals surface area contributed by atoms with E-state index in [9.17, 15) is 0 Å². The molecular weight excluding hydrogens is 224 g/mol. The number of rotatable bonds is 6. The normalized spacial score (nSPS) is 20.2. The second-order valence-electron chi connectivity index (χ2n) is 3.86. The van der Waals surface area contributed by atoms with Gasteiger partial charge in [-0.25, -0.2) is 4.98 Å². The zero-order valence-electron chi connectivity index (χ0n) is 9.57. The van der Waals surface area contributed by atoms with Gasteiger partial charge >= 0.3 is 0 Å². The van der Waals surface area contributed by atoms with E-state index >= 15 is 0 Å². The molecule has 0 spiro atoms. The third-order valence-electron chi connectivity index (χ3n) is 2.43. The van der Waals surface area contributed by atoms with E-state index in [0.717, 1.165) is 37.7 Å². The van der Waals surface area contributed by atoms with Crippen molar-refractivity contribution in [3.63, 3.8) is 0 Å². The summed E-state index contributed by atoms with van der Waals surface area (Å²) >= 11 is 1.67. The van der Waals surface area contributed by atoms with Gasteiger partial charge in [0.15, 0.2) is 5.13 Å². The monoisotopic (exact) mass is 242 g/mol.